The number of nitrogens with zero attached hydrogens (tertiary/aromatic N) is 1. The zero-order valence-electron chi connectivity index (χ0n) is 19.0. The summed E-state index contributed by atoms with van der Waals surface area (Å²) in [6, 6.07) is 21.7. The molecule has 6 heteroatoms. The lowest BCUT2D eigenvalue weighted by atomic mass is 9.68. The second kappa shape index (κ2) is 7.97. The van der Waals surface area contributed by atoms with E-state index in [1.54, 1.807) is 19.1 Å². The molecule has 0 radical (unpaired) electrons. The van der Waals surface area contributed by atoms with E-state index in [1.165, 1.54) is 36.5 Å². The van der Waals surface area contributed by atoms with Crippen LogP contribution in [-0.2, 0) is 0 Å². The molecule has 6 rings (SSSR count). The molecule has 2 aliphatic carbocycles. The quantitative estimate of drug-likeness (QED) is 0.351. The number of fused-ring (bicyclic) bond motifs is 7. The summed E-state index contributed by atoms with van der Waals surface area (Å²) in [6.45, 7) is 1.66. The van der Waals surface area contributed by atoms with Crippen LogP contribution in [0.3, 0.4) is 0 Å². The van der Waals surface area contributed by atoms with Crippen molar-refractivity contribution in [3.63, 3.8) is 0 Å². The van der Waals surface area contributed by atoms with E-state index in [4.69, 9.17) is 0 Å². The lowest BCUT2D eigenvalue weighted by molar-refractivity contribution is -0.385. The first-order valence-corrected chi connectivity index (χ1v) is 12.0. The topological polar surface area (TPSA) is 84.3 Å². The summed E-state index contributed by atoms with van der Waals surface area (Å²) in [5, 5.41) is 18.0. The van der Waals surface area contributed by atoms with Gasteiger partial charge < -0.3 is 10.6 Å². The molecule has 6 nitrogen and oxygen atoms in total. The third-order valence-corrected chi connectivity index (χ3v) is 8.26. The maximum absolute atomic E-state index is 13.2. The fraction of sp³-hybridized carbons (Fsp3) is 0.321. The lowest BCUT2D eigenvalue weighted by Crippen LogP contribution is -2.35. The first-order valence-electron chi connectivity index (χ1n) is 12.0. The van der Waals surface area contributed by atoms with E-state index in [1.807, 2.05) is 18.2 Å². The van der Waals surface area contributed by atoms with E-state index in [0.29, 0.717) is 46.5 Å². The van der Waals surface area contributed by atoms with Crippen LogP contribution in [0.4, 0.5) is 17.1 Å². The second-order valence-corrected chi connectivity index (χ2v) is 9.93. The average molecular weight is 454 g/mol. The molecule has 0 spiro atoms. The fourth-order valence-electron chi connectivity index (χ4n) is 6.77. The van der Waals surface area contributed by atoms with Gasteiger partial charge in [-0.2, -0.15) is 0 Å². The van der Waals surface area contributed by atoms with Crippen LogP contribution in [0.5, 0.6) is 0 Å². The monoisotopic (exact) mass is 453 g/mol. The minimum Gasteiger partial charge on any atom is -0.378 e. The van der Waals surface area contributed by atoms with Crippen LogP contribution in [0, 0.1) is 34.8 Å². The zero-order chi connectivity index (χ0) is 23.4. The highest BCUT2D eigenvalue weighted by molar-refractivity contribution is 6.05. The lowest BCUT2D eigenvalue weighted by Gasteiger charge is -2.43. The Hall–Kier alpha value is -3.67. The highest BCUT2D eigenvalue weighted by atomic mass is 16.6. The minimum atomic E-state index is -0.423. The number of carbonyl (C=O) groups excluding carboxylic acids is 1. The van der Waals surface area contributed by atoms with Gasteiger partial charge in [0.25, 0.3) is 11.6 Å². The van der Waals surface area contributed by atoms with Crippen molar-refractivity contribution in [1.82, 2.24) is 0 Å². The van der Waals surface area contributed by atoms with Gasteiger partial charge >= 0.3 is 0 Å². The SMILES string of the molecule is Cc1c(NC(=O)c2ccc3c(c2)[C@@H]2[C@H]4CC[C@@H](C4)[C@@H]2[C@@H](c2ccccc2)N3)cccc1[N+](=O)[O-]. The highest BCUT2D eigenvalue weighted by Crippen LogP contribution is 2.63. The Morgan fingerprint density at radius 2 is 1.82 bits per heavy atom. The molecule has 1 amide bonds. The van der Waals surface area contributed by atoms with Gasteiger partial charge in [0, 0.05) is 17.3 Å². The molecule has 2 fully saturated rings. The van der Waals surface area contributed by atoms with Crippen molar-refractivity contribution in [2.24, 2.45) is 17.8 Å². The van der Waals surface area contributed by atoms with Gasteiger partial charge in [-0.05, 0) is 85.3 Å². The molecule has 0 unspecified atom stereocenters. The Morgan fingerprint density at radius 1 is 1.03 bits per heavy atom. The van der Waals surface area contributed by atoms with Crippen molar-refractivity contribution in [3.8, 4) is 0 Å². The molecule has 2 N–H and O–H groups in total. The number of hydrogen-bond acceptors (Lipinski definition) is 4. The number of nitro benzene ring substituents is 1. The first-order chi connectivity index (χ1) is 16.5. The molecule has 3 aliphatic rings. The molecular weight excluding hydrogens is 426 g/mol. The number of nitro groups is 1. The van der Waals surface area contributed by atoms with Crippen molar-refractivity contribution in [2.45, 2.75) is 38.1 Å². The van der Waals surface area contributed by atoms with E-state index in [9.17, 15) is 14.9 Å². The second-order valence-electron chi connectivity index (χ2n) is 9.93. The van der Waals surface area contributed by atoms with Crippen molar-refractivity contribution in [2.75, 3.05) is 10.6 Å². The van der Waals surface area contributed by atoms with Crippen LogP contribution in [0.2, 0.25) is 0 Å². The number of rotatable bonds is 4. The van der Waals surface area contributed by atoms with Crippen molar-refractivity contribution in [1.29, 1.82) is 0 Å². The Kier molecular flexibility index (Phi) is 4.90. The third-order valence-electron chi connectivity index (χ3n) is 8.26. The van der Waals surface area contributed by atoms with Gasteiger partial charge in [0.2, 0.25) is 0 Å². The Bertz CT molecular complexity index is 1290. The van der Waals surface area contributed by atoms with E-state index in [0.717, 1.165) is 5.69 Å². The molecule has 5 atom stereocenters. The summed E-state index contributed by atoms with van der Waals surface area (Å²) in [5.41, 5.74) is 5.21. The molecule has 1 heterocycles. The molecule has 1 aliphatic heterocycles. The molecule has 0 aromatic heterocycles. The largest absolute Gasteiger partial charge is 0.378 e. The van der Waals surface area contributed by atoms with Crippen LogP contribution in [-0.4, -0.2) is 10.8 Å². The highest BCUT2D eigenvalue weighted by Gasteiger charge is 2.53. The number of amides is 1. The molecule has 172 valence electrons. The number of benzene rings is 3. The van der Waals surface area contributed by atoms with Crippen LogP contribution in [0.1, 0.15) is 58.3 Å². The van der Waals surface area contributed by atoms with Gasteiger partial charge in [-0.1, -0.05) is 36.4 Å². The molecule has 3 aromatic rings. The number of carbonyl (C=O) groups is 1. The molecule has 0 saturated heterocycles. The predicted octanol–water partition coefficient (Wildman–Crippen LogP) is 6.45. The molecule has 34 heavy (non-hydrogen) atoms. The van der Waals surface area contributed by atoms with Crippen molar-refractivity contribution < 1.29 is 9.72 Å². The molecular formula is C28H27N3O3. The van der Waals surface area contributed by atoms with Crippen LogP contribution in [0.15, 0.2) is 66.7 Å². The Labute approximate surface area is 198 Å². The van der Waals surface area contributed by atoms with Gasteiger partial charge in [-0.25, -0.2) is 0 Å². The smallest absolute Gasteiger partial charge is 0.274 e. The van der Waals surface area contributed by atoms with Crippen LogP contribution in [0.25, 0.3) is 0 Å². The van der Waals surface area contributed by atoms with Gasteiger partial charge in [0.15, 0.2) is 0 Å². The summed E-state index contributed by atoms with van der Waals surface area (Å²) in [4.78, 5) is 24.0. The van der Waals surface area contributed by atoms with E-state index in [2.05, 4.69) is 41.0 Å². The van der Waals surface area contributed by atoms with Gasteiger partial charge in [0.1, 0.15) is 0 Å². The maximum Gasteiger partial charge on any atom is 0.274 e. The van der Waals surface area contributed by atoms with Crippen molar-refractivity contribution in [3.05, 3.63) is 99.1 Å². The van der Waals surface area contributed by atoms with Gasteiger partial charge in [-0.15, -0.1) is 0 Å². The van der Waals surface area contributed by atoms with E-state index >= 15 is 0 Å². The minimum absolute atomic E-state index is 0.00390. The van der Waals surface area contributed by atoms with Crippen LogP contribution < -0.4 is 10.6 Å². The predicted molar refractivity (Wildman–Crippen MR) is 132 cm³/mol. The molecule has 2 saturated carbocycles. The average Bonchev–Trinajstić information content (AvgIpc) is 3.48. The number of hydrogen-bond donors (Lipinski definition) is 2. The Morgan fingerprint density at radius 3 is 2.62 bits per heavy atom. The summed E-state index contributed by atoms with van der Waals surface area (Å²) >= 11 is 0. The van der Waals surface area contributed by atoms with E-state index < -0.39 is 4.92 Å². The zero-order valence-corrected chi connectivity index (χ0v) is 19.0. The van der Waals surface area contributed by atoms with E-state index in [-0.39, 0.29) is 11.6 Å². The Balaban J connectivity index is 1.34. The summed E-state index contributed by atoms with van der Waals surface area (Å²) in [5.74, 6) is 2.13. The molecule has 3 aromatic carbocycles. The molecule has 2 bridgehead atoms. The standard InChI is InChI=1S/C28H27N3O3/c1-16-22(8-5-9-24(16)31(33)34)30-28(32)20-12-13-23-21(15-20)25-18-10-11-19(14-18)26(25)27(29-23)17-6-3-2-4-7-17/h2-9,12-13,15,18-19,25-27,29H,10-11,14H2,1H3,(H,30,32)/t18-,19-,25-,26-,27+/m0/s1. The normalized spacial score (nSPS) is 26.3. The third kappa shape index (κ3) is 3.28. The summed E-state index contributed by atoms with van der Waals surface area (Å²) < 4.78 is 0. The summed E-state index contributed by atoms with van der Waals surface area (Å²) in [7, 11) is 0. The summed E-state index contributed by atoms with van der Waals surface area (Å²) in [6.07, 6.45) is 3.82. The number of anilines is 2. The maximum atomic E-state index is 13.2. The van der Waals surface area contributed by atoms with Crippen LogP contribution >= 0.6 is 0 Å². The number of nitrogens with one attached hydrogen (secondary N) is 2. The van der Waals surface area contributed by atoms with Gasteiger partial charge in [0.05, 0.1) is 22.2 Å². The van der Waals surface area contributed by atoms with Gasteiger partial charge in [-0.3, -0.25) is 14.9 Å². The fourth-order valence-corrected chi connectivity index (χ4v) is 6.77. The van der Waals surface area contributed by atoms with Crippen molar-refractivity contribution >= 4 is 23.0 Å². The first kappa shape index (κ1) is 20.9.